The highest BCUT2D eigenvalue weighted by atomic mass is 16.5. The maximum absolute atomic E-state index is 11.3. The quantitative estimate of drug-likeness (QED) is 0.773. The number of nitrogens with zero attached hydrogens (tertiary/aromatic N) is 2. The van der Waals surface area contributed by atoms with E-state index in [-0.39, 0.29) is 18.6 Å². The van der Waals surface area contributed by atoms with Gasteiger partial charge in [-0.3, -0.25) is 4.79 Å². The minimum absolute atomic E-state index is 0.181. The number of carbonyl (C=O) groups excluding carboxylic acids is 1. The molecule has 0 aromatic carbocycles. The fraction of sp³-hybridized carbons (Fsp3) is 0.455. The summed E-state index contributed by atoms with van der Waals surface area (Å²) in [6.45, 7) is 4.21. The van der Waals surface area contributed by atoms with Gasteiger partial charge in [-0.2, -0.15) is 0 Å². The summed E-state index contributed by atoms with van der Waals surface area (Å²) >= 11 is 0. The lowest BCUT2D eigenvalue weighted by atomic mass is 10.2. The predicted octanol–water partition coefficient (Wildman–Crippen LogP) is 1.05. The van der Waals surface area contributed by atoms with E-state index in [1.165, 1.54) is 7.11 Å². The summed E-state index contributed by atoms with van der Waals surface area (Å²) in [7, 11) is 1.38. The van der Waals surface area contributed by atoms with Crippen molar-refractivity contribution in [3.8, 4) is 0 Å². The van der Waals surface area contributed by atoms with E-state index in [0.717, 1.165) is 5.69 Å². The highest BCUT2D eigenvalue weighted by Gasteiger charge is 2.15. The van der Waals surface area contributed by atoms with Crippen LogP contribution in [0.1, 0.15) is 13.8 Å². The summed E-state index contributed by atoms with van der Waals surface area (Å²) in [5, 5.41) is 0. The van der Waals surface area contributed by atoms with Gasteiger partial charge in [0.2, 0.25) is 0 Å². The first kappa shape index (κ1) is 12.3. The Morgan fingerprint density at radius 1 is 1.62 bits per heavy atom. The van der Waals surface area contributed by atoms with Crippen molar-refractivity contribution < 1.29 is 9.53 Å². The molecule has 0 unspecified atom stereocenters. The molecule has 0 amide bonds. The van der Waals surface area contributed by atoms with Crippen molar-refractivity contribution in [3.05, 3.63) is 18.3 Å². The average molecular weight is 223 g/mol. The molecule has 0 aliphatic carbocycles. The molecule has 0 aliphatic heterocycles. The van der Waals surface area contributed by atoms with E-state index in [9.17, 15) is 4.79 Å². The average Bonchev–Trinajstić information content (AvgIpc) is 2.25. The number of esters is 1. The second-order valence-corrected chi connectivity index (χ2v) is 3.74. The van der Waals surface area contributed by atoms with Crippen molar-refractivity contribution in [1.29, 1.82) is 0 Å². The minimum Gasteiger partial charge on any atom is -0.468 e. The van der Waals surface area contributed by atoms with Crippen molar-refractivity contribution in [2.75, 3.05) is 24.3 Å². The highest BCUT2D eigenvalue weighted by molar-refractivity contribution is 5.76. The van der Waals surface area contributed by atoms with Gasteiger partial charge in [0.1, 0.15) is 12.4 Å². The van der Waals surface area contributed by atoms with Gasteiger partial charge in [0.15, 0.2) is 0 Å². The molecule has 0 fully saturated rings. The van der Waals surface area contributed by atoms with Crippen LogP contribution in [0.4, 0.5) is 11.5 Å². The normalized spacial score (nSPS) is 10.2. The molecule has 1 heterocycles. The van der Waals surface area contributed by atoms with Gasteiger partial charge < -0.3 is 15.4 Å². The molecule has 0 aliphatic rings. The zero-order valence-electron chi connectivity index (χ0n) is 9.80. The molecule has 1 rings (SSSR count). The Kier molecular flexibility index (Phi) is 4.10. The monoisotopic (exact) mass is 223 g/mol. The van der Waals surface area contributed by atoms with Crippen LogP contribution in [0.25, 0.3) is 0 Å². The van der Waals surface area contributed by atoms with Gasteiger partial charge in [-0.25, -0.2) is 4.98 Å². The lowest BCUT2D eigenvalue weighted by Gasteiger charge is -2.27. The number of pyridine rings is 1. The Hall–Kier alpha value is -1.78. The van der Waals surface area contributed by atoms with Gasteiger partial charge in [-0.1, -0.05) is 0 Å². The first-order valence-electron chi connectivity index (χ1n) is 5.09. The van der Waals surface area contributed by atoms with Crippen molar-refractivity contribution in [3.63, 3.8) is 0 Å². The van der Waals surface area contributed by atoms with Crippen molar-refractivity contribution in [1.82, 2.24) is 4.98 Å². The Bertz CT molecular complexity index is 366. The molecule has 0 saturated heterocycles. The maximum Gasteiger partial charge on any atom is 0.325 e. The third-order valence-corrected chi connectivity index (χ3v) is 2.25. The van der Waals surface area contributed by atoms with E-state index in [1.807, 2.05) is 24.8 Å². The predicted molar refractivity (Wildman–Crippen MR) is 63.1 cm³/mol. The van der Waals surface area contributed by atoms with E-state index in [0.29, 0.717) is 5.82 Å². The van der Waals surface area contributed by atoms with E-state index in [2.05, 4.69) is 9.72 Å². The lowest BCUT2D eigenvalue weighted by molar-refractivity contribution is -0.139. The molecule has 1 aromatic heterocycles. The van der Waals surface area contributed by atoms with E-state index in [1.54, 1.807) is 12.3 Å². The summed E-state index contributed by atoms with van der Waals surface area (Å²) in [5.41, 5.74) is 6.47. The minimum atomic E-state index is -0.274. The summed E-state index contributed by atoms with van der Waals surface area (Å²) in [6, 6.07) is 3.74. The van der Waals surface area contributed by atoms with Crippen LogP contribution in [0.5, 0.6) is 0 Å². The van der Waals surface area contributed by atoms with Crippen LogP contribution in [0, 0.1) is 0 Å². The zero-order chi connectivity index (χ0) is 12.1. The van der Waals surface area contributed by atoms with Crippen LogP contribution in [-0.4, -0.2) is 30.6 Å². The number of ether oxygens (including phenoxy) is 1. The van der Waals surface area contributed by atoms with E-state index in [4.69, 9.17) is 5.73 Å². The first-order chi connectivity index (χ1) is 7.54. The number of carbonyl (C=O) groups is 1. The molecule has 5 nitrogen and oxygen atoms in total. The van der Waals surface area contributed by atoms with Gasteiger partial charge in [0, 0.05) is 24.0 Å². The van der Waals surface area contributed by atoms with Crippen LogP contribution in [-0.2, 0) is 9.53 Å². The summed E-state index contributed by atoms with van der Waals surface area (Å²) in [5.74, 6) is 0.164. The second kappa shape index (κ2) is 5.34. The van der Waals surface area contributed by atoms with Crippen molar-refractivity contribution >= 4 is 17.5 Å². The topological polar surface area (TPSA) is 68.5 Å². The molecule has 88 valence electrons. The van der Waals surface area contributed by atoms with Crippen LogP contribution < -0.4 is 10.6 Å². The van der Waals surface area contributed by atoms with Gasteiger partial charge >= 0.3 is 5.97 Å². The number of methoxy groups -OCH3 is 1. The molecular formula is C11H17N3O2. The van der Waals surface area contributed by atoms with Gasteiger partial charge in [0.25, 0.3) is 0 Å². The molecular weight excluding hydrogens is 206 g/mol. The number of hydrogen-bond donors (Lipinski definition) is 1. The molecule has 0 radical (unpaired) electrons. The Morgan fingerprint density at radius 2 is 2.31 bits per heavy atom. The van der Waals surface area contributed by atoms with Gasteiger partial charge in [-0.15, -0.1) is 0 Å². The van der Waals surface area contributed by atoms with E-state index < -0.39 is 0 Å². The second-order valence-electron chi connectivity index (χ2n) is 3.74. The Balaban J connectivity index is 2.89. The molecule has 1 aromatic rings. The van der Waals surface area contributed by atoms with Crippen LogP contribution in [0.15, 0.2) is 18.3 Å². The number of hydrogen-bond acceptors (Lipinski definition) is 5. The van der Waals surface area contributed by atoms with Crippen molar-refractivity contribution in [2.24, 2.45) is 0 Å². The zero-order valence-corrected chi connectivity index (χ0v) is 9.80. The fourth-order valence-electron chi connectivity index (χ4n) is 1.39. The van der Waals surface area contributed by atoms with Crippen molar-refractivity contribution in [2.45, 2.75) is 19.9 Å². The molecule has 2 N–H and O–H groups in total. The number of aromatic nitrogens is 1. The third-order valence-electron chi connectivity index (χ3n) is 2.25. The van der Waals surface area contributed by atoms with Crippen LogP contribution >= 0.6 is 0 Å². The Labute approximate surface area is 95.2 Å². The van der Waals surface area contributed by atoms with Crippen LogP contribution in [0.3, 0.4) is 0 Å². The first-order valence-corrected chi connectivity index (χ1v) is 5.09. The number of nitrogens with two attached hydrogens (primary N) is 1. The molecule has 5 heteroatoms. The third kappa shape index (κ3) is 3.12. The highest BCUT2D eigenvalue weighted by Crippen LogP contribution is 2.18. The number of rotatable bonds is 4. The molecule has 0 spiro atoms. The fourth-order valence-corrected chi connectivity index (χ4v) is 1.39. The van der Waals surface area contributed by atoms with E-state index >= 15 is 0 Å². The van der Waals surface area contributed by atoms with Crippen LogP contribution in [0.2, 0.25) is 0 Å². The molecule has 16 heavy (non-hydrogen) atoms. The molecule has 0 saturated carbocycles. The summed E-state index contributed by atoms with van der Waals surface area (Å²) in [4.78, 5) is 17.1. The van der Waals surface area contributed by atoms with Gasteiger partial charge in [-0.05, 0) is 19.9 Å². The molecule has 0 atom stereocenters. The smallest absolute Gasteiger partial charge is 0.325 e. The number of nitrogen functional groups attached to an aromatic ring is 1. The molecule has 0 bridgehead atoms. The standard InChI is InChI=1S/C11H17N3O2/c1-8(2)14(7-11(15)16-3)9-4-5-13-10(12)6-9/h4-6,8H,7H2,1-3H3,(H2,12,13). The maximum atomic E-state index is 11.3. The number of anilines is 2. The largest absolute Gasteiger partial charge is 0.468 e. The van der Waals surface area contributed by atoms with Gasteiger partial charge in [0.05, 0.1) is 7.11 Å². The Morgan fingerprint density at radius 3 is 2.81 bits per heavy atom. The SMILES string of the molecule is COC(=O)CN(c1ccnc(N)c1)C(C)C. The summed E-state index contributed by atoms with van der Waals surface area (Å²) < 4.78 is 4.66. The summed E-state index contributed by atoms with van der Waals surface area (Å²) in [6.07, 6.45) is 1.62. The lowest BCUT2D eigenvalue weighted by Crippen LogP contribution is -2.36.